The summed E-state index contributed by atoms with van der Waals surface area (Å²) in [7, 11) is -3.40. The van der Waals surface area contributed by atoms with Crippen LogP contribution in [0.5, 0.6) is 0 Å². The lowest BCUT2D eigenvalue weighted by Crippen LogP contribution is -2.27. The number of amides is 2. The summed E-state index contributed by atoms with van der Waals surface area (Å²) in [4.78, 5) is 15.6. The molecule has 3 aromatic rings. The molecule has 0 saturated carbocycles. The Morgan fingerprint density at radius 1 is 1.00 bits per heavy atom. The lowest BCUT2D eigenvalue weighted by atomic mass is 10.2. The van der Waals surface area contributed by atoms with E-state index in [0.29, 0.717) is 32.6 Å². The number of rotatable bonds is 7. The number of halogens is 2. The SMILES string of the molecule is O=C(NCc1cnco1)Nc1ccc(CS(=O)(=O)Cc2ccc(Cl)c(Cl)c2)cc1. The predicted molar refractivity (Wildman–Crippen MR) is 112 cm³/mol. The Labute approximate surface area is 178 Å². The predicted octanol–water partition coefficient (Wildman–Crippen LogP) is 4.42. The summed E-state index contributed by atoms with van der Waals surface area (Å²) in [6.07, 6.45) is 2.79. The highest BCUT2D eigenvalue weighted by molar-refractivity contribution is 7.89. The first-order chi connectivity index (χ1) is 13.8. The fourth-order valence-corrected chi connectivity index (χ4v) is 4.36. The number of urea groups is 1. The minimum absolute atomic E-state index is 0.134. The van der Waals surface area contributed by atoms with Gasteiger partial charge in [0.05, 0.1) is 34.3 Å². The summed E-state index contributed by atoms with van der Waals surface area (Å²) in [5.41, 5.74) is 1.71. The zero-order valence-corrected chi connectivity index (χ0v) is 17.4. The Balaban J connectivity index is 1.54. The molecular formula is C19H17Cl2N3O4S. The smallest absolute Gasteiger partial charge is 0.319 e. The van der Waals surface area contributed by atoms with Gasteiger partial charge < -0.3 is 15.1 Å². The molecule has 0 bridgehead atoms. The van der Waals surface area contributed by atoms with Gasteiger partial charge in [0.15, 0.2) is 16.2 Å². The molecule has 10 heteroatoms. The Kier molecular flexibility index (Phi) is 6.79. The minimum atomic E-state index is -3.40. The fraction of sp³-hybridized carbons (Fsp3) is 0.158. The molecule has 2 aromatic carbocycles. The van der Waals surface area contributed by atoms with Crippen LogP contribution in [0.2, 0.25) is 10.0 Å². The minimum Gasteiger partial charge on any atom is -0.447 e. The first-order valence-corrected chi connectivity index (χ1v) is 11.0. The van der Waals surface area contributed by atoms with Crippen molar-refractivity contribution in [2.45, 2.75) is 18.1 Å². The number of benzene rings is 2. The van der Waals surface area contributed by atoms with Crippen molar-refractivity contribution in [3.05, 3.63) is 82.0 Å². The maximum absolute atomic E-state index is 12.5. The summed E-state index contributed by atoms with van der Waals surface area (Å²) in [6.45, 7) is 0.205. The van der Waals surface area contributed by atoms with Crippen LogP contribution in [0.4, 0.5) is 10.5 Å². The molecule has 0 aliphatic carbocycles. The third kappa shape index (κ3) is 6.49. The van der Waals surface area contributed by atoms with E-state index in [0.717, 1.165) is 0 Å². The summed E-state index contributed by atoms with van der Waals surface area (Å²) in [5.74, 6) is 0.252. The third-order valence-corrected chi connectivity index (χ3v) is 6.16. The van der Waals surface area contributed by atoms with Crippen molar-refractivity contribution in [3.8, 4) is 0 Å². The summed E-state index contributed by atoms with van der Waals surface area (Å²) >= 11 is 11.8. The molecule has 1 heterocycles. The van der Waals surface area contributed by atoms with Crippen LogP contribution < -0.4 is 10.6 Å². The van der Waals surface area contributed by atoms with Crippen molar-refractivity contribution in [1.29, 1.82) is 0 Å². The maximum atomic E-state index is 12.5. The molecule has 1 aromatic heterocycles. The molecule has 152 valence electrons. The van der Waals surface area contributed by atoms with E-state index >= 15 is 0 Å². The van der Waals surface area contributed by atoms with Crippen molar-refractivity contribution in [2.75, 3.05) is 5.32 Å². The van der Waals surface area contributed by atoms with E-state index in [1.54, 1.807) is 42.5 Å². The van der Waals surface area contributed by atoms with Crippen molar-refractivity contribution in [2.24, 2.45) is 0 Å². The van der Waals surface area contributed by atoms with Crippen LogP contribution in [0.1, 0.15) is 16.9 Å². The fourth-order valence-electron chi connectivity index (χ4n) is 2.54. The zero-order chi connectivity index (χ0) is 20.9. The highest BCUT2D eigenvalue weighted by atomic mass is 35.5. The summed E-state index contributed by atoms with van der Waals surface area (Å²) in [6, 6.07) is 10.9. The highest BCUT2D eigenvalue weighted by Gasteiger charge is 2.14. The number of hydrogen-bond acceptors (Lipinski definition) is 5. The molecule has 0 saturated heterocycles. The molecule has 0 spiro atoms. The molecule has 2 N–H and O–H groups in total. The molecule has 3 rings (SSSR count). The Bertz CT molecular complexity index is 1090. The number of sulfone groups is 1. The van der Waals surface area contributed by atoms with Gasteiger partial charge in [-0.1, -0.05) is 41.4 Å². The van der Waals surface area contributed by atoms with Gasteiger partial charge in [0.1, 0.15) is 5.76 Å². The summed E-state index contributed by atoms with van der Waals surface area (Å²) < 4.78 is 29.9. The van der Waals surface area contributed by atoms with Gasteiger partial charge in [-0.2, -0.15) is 0 Å². The number of nitrogens with one attached hydrogen (secondary N) is 2. The van der Waals surface area contributed by atoms with Crippen LogP contribution in [-0.4, -0.2) is 19.4 Å². The second-order valence-electron chi connectivity index (χ2n) is 6.25. The summed E-state index contributed by atoms with van der Waals surface area (Å²) in [5, 5.41) is 5.97. The number of anilines is 1. The van der Waals surface area contributed by atoms with E-state index in [9.17, 15) is 13.2 Å². The van der Waals surface area contributed by atoms with Gasteiger partial charge in [0.2, 0.25) is 0 Å². The van der Waals surface area contributed by atoms with Crippen LogP contribution >= 0.6 is 23.2 Å². The molecule has 0 unspecified atom stereocenters. The monoisotopic (exact) mass is 453 g/mol. The lowest BCUT2D eigenvalue weighted by Gasteiger charge is -2.09. The van der Waals surface area contributed by atoms with Crippen LogP contribution in [0.3, 0.4) is 0 Å². The van der Waals surface area contributed by atoms with E-state index in [-0.39, 0.29) is 18.1 Å². The van der Waals surface area contributed by atoms with Gasteiger partial charge in [-0.3, -0.25) is 0 Å². The van der Waals surface area contributed by atoms with E-state index < -0.39 is 15.9 Å². The second-order valence-corrected chi connectivity index (χ2v) is 9.13. The van der Waals surface area contributed by atoms with Crippen LogP contribution in [0.15, 0.2) is 59.5 Å². The molecule has 0 aliphatic heterocycles. The molecule has 0 atom stereocenters. The maximum Gasteiger partial charge on any atom is 0.319 e. The number of oxazole rings is 1. The molecule has 29 heavy (non-hydrogen) atoms. The lowest BCUT2D eigenvalue weighted by molar-refractivity contribution is 0.251. The normalized spacial score (nSPS) is 11.2. The number of hydrogen-bond donors (Lipinski definition) is 2. The molecule has 0 fully saturated rings. The number of carbonyl (C=O) groups excluding carboxylic acids is 1. The first kappa shape index (κ1) is 21.2. The van der Waals surface area contributed by atoms with Gasteiger partial charge >= 0.3 is 6.03 Å². The largest absolute Gasteiger partial charge is 0.447 e. The van der Waals surface area contributed by atoms with E-state index in [2.05, 4.69) is 15.6 Å². The Morgan fingerprint density at radius 3 is 2.34 bits per heavy atom. The van der Waals surface area contributed by atoms with Gasteiger partial charge in [-0.15, -0.1) is 0 Å². The van der Waals surface area contributed by atoms with E-state index in [1.165, 1.54) is 12.6 Å². The van der Waals surface area contributed by atoms with Crippen molar-refractivity contribution in [1.82, 2.24) is 10.3 Å². The number of aromatic nitrogens is 1. The van der Waals surface area contributed by atoms with Gasteiger partial charge in [-0.25, -0.2) is 18.2 Å². The van der Waals surface area contributed by atoms with Crippen molar-refractivity contribution < 1.29 is 17.6 Å². The van der Waals surface area contributed by atoms with Crippen LogP contribution in [-0.2, 0) is 27.9 Å². The van der Waals surface area contributed by atoms with Crippen LogP contribution in [0.25, 0.3) is 0 Å². The Morgan fingerprint density at radius 2 is 1.69 bits per heavy atom. The van der Waals surface area contributed by atoms with E-state index in [1.807, 2.05) is 0 Å². The molecular weight excluding hydrogens is 437 g/mol. The van der Waals surface area contributed by atoms with Gasteiger partial charge in [0, 0.05) is 5.69 Å². The first-order valence-electron chi connectivity index (χ1n) is 8.46. The van der Waals surface area contributed by atoms with Crippen molar-refractivity contribution >= 4 is 44.8 Å². The molecule has 2 amide bonds. The number of carbonyl (C=O) groups is 1. The molecule has 0 radical (unpaired) electrons. The molecule has 7 nitrogen and oxygen atoms in total. The average molecular weight is 454 g/mol. The Hall–Kier alpha value is -2.55. The van der Waals surface area contributed by atoms with Gasteiger partial charge in [0.25, 0.3) is 0 Å². The van der Waals surface area contributed by atoms with E-state index in [4.69, 9.17) is 27.6 Å². The standard InChI is InChI=1S/C19H17Cl2N3O4S/c20-17-6-3-14(7-18(17)21)11-29(26,27)10-13-1-4-15(5-2-13)24-19(25)23-9-16-8-22-12-28-16/h1-8,12H,9-11H2,(H2,23,24,25). The third-order valence-electron chi connectivity index (χ3n) is 3.88. The quantitative estimate of drug-likeness (QED) is 0.551. The van der Waals surface area contributed by atoms with Crippen LogP contribution in [0, 0.1) is 0 Å². The molecule has 0 aliphatic rings. The number of nitrogens with zero attached hydrogens (tertiary/aromatic N) is 1. The topological polar surface area (TPSA) is 101 Å². The average Bonchev–Trinajstić information content (AvgIpc) is 3.18. The highest BCUT2D eigenvalue weighted by Crippen LogP contribution is 2.24. The second kappa shape index (κ2) is 9.30. The van der Waals surface area contributed by atoms with Gasteiger partial charge in [-0.05, 0) is 35.4 Å². The zero-order valence-electron chi connectivity index (χ0n) is 15.1. The van der Waals surface area contributed by atoms with Crippen molar-refractivity contribution in [3.63, 3.8) is 0 Å².